The van der Waals surface area contributed by atoms with Crippen molar-refractivity contribution in [3.8, 4) is 0 Å². The molecule has 27 heavy (non-hydrogen) atoms. The minimum Gasteiger partial charge on any atom is -0.278 e. The molecule has 1 N–H and O–H groups in total. The largest absolute Gasteiger partial charge is 0.278 e. The number of nitrogens with one attached hydrogen (secondary N) is 1. The lowest BCUT2D eigenvalue weighted by atomic mass is 10.3. The van der Waals surface area contributed by atoms with E-state index in [-0.39, 0.29) is 9.79 Å². The summed E-state index contributed by atoms with van der Waals surface area (Å²) >= 11 is 1.45. The minimum atomic E-state index is -3.85. The van der Waals surface area contributed by atoms with Crippen molar-refractivity contribution in [1.29, 1.82) is 0 Å². The molecule has 0 atom stereocenters. The Morgan fingerprint density at radius 1 is 0.704 bits per heavy atom. The first kappa shape index (κ1) is 19.5. The van der Waals surface area contributed by atoms with Gasteiger partial charge in [-0.25, -0.2) is 16.8 Å². The normalized spacial score (nSPS) is 11.9. The number of sulfonamides is 1. The van der Waals surface area contributed by atoms with Crippen LogP contribution in [0.5, 0.6) is 0 Å². The van der Waals surface area contributed by atoms with Crippen molar-refractivity contribution in [1.82, 2.24) is 0 Å². The number of anilines is 1. The third kappa shape index (κ3) is 4.91. The van der Waals surface area contributed by atoms with Crippen LogP contribution in [0.1, 0.15) is 0 Å². The van der Waals surface area contributed by atoms with Gasteiger partial charge in [0, 0.05) is 16.0 Å². The SMILES string of the molecule is CS(=O)(=O)c1ccc(S(=O)(=O)Nc2ccccc2Sc2ccccc2)cc1. The van der Waals surface area contributed by atoms with Gasteiger partial charge in [0.05, 0.1) is 15.5 Å². The van der Waals surface area contributed by atoms with Crippen LogP contribution in [0.15, 0.2) is 98.4 Å². The standard InChI is InChI=1S/C19H17NO4S3/c1-26(21,22)16-11-13-17(14-12-16)27(23,24)20-18-9-5-6-10-19(18)25-15-7-3-2-4-8-15/h2-14,20H,1H3. The second-order valence-electron chi connectivity index (χ2n) is 5.76. The molecule has 3 rings (SSSR count). The summed E-state index contributed by atoms with van der Waals surface area (Å²) in [6.45, 7) is 0. The zero-order valence-electron chi connectivity index (χ0n) is 14.4. The van der Waals surface area contributed by atoms with E-state index >= 15 is 0 Å². The predicted molar refractivity (Wildman–Crippen MR) is 107 cm³/mol. The van der Waals surface area contributed by atoms with Gasteiger partial charge in [0.15, 0.2) is 9.84 Å². The second-order valence-corrected chi connectivity index (χ2v) is 10.6. The molecule has 0 saturated carbocycles. The van der Waals surface area contributed by atoms with Gasteiger partial charge in [-0.15, -0.1) is 0 Å². The molecule has 3 aromatic rings. The van der Waals surface area contributed by atoms with Gasteiger partial charge >= 0.3 is 0 Å². The fourth-order valence-electron chi connectivity index (χ4n) is 2.33. The Bertz CT molecular complexity index is 1140. The predicted octanol–water partition coefficient (Wildman–Crippen LogP) is 4.04. The number of benzene rings is 3. The molecule has 0 spiro atoms. The van der Waals surface area contributed by atoms with Crippen molar-refractivity contribution in [2.45, 2.75) is 19.6 Å². The smallest absolute Gasteiger partial charge is 0.261 e. The van der Waals surface area contributed by atoms with Gasteiger partial charge in [-0.05, 0) is 48.5 Å². The van der Waals surface area contributed by atoms with Crippen LogP contribution >= 0.6 is 11.8 Å². The average Bonchev–Trinajstić information content (AvgIpc) is 2.63. The van der Waals surface area contributed by atoms with Crippen LogP contribution in [0.25, 0.3) is 0 Å². The molecule has 0 aliphatic carbocycles. The molecule has 0 amide bonds. The van der Waals surface area contributed by atoms with E-state index in [9.17, 15) is 16.8 Å². The van der Waals surface area contributed by atoms with Gasteiger partial charge in [0.1, 0.15) is 0 Å². The number of sulfone groups is 1. The van der Waals surface area contributed by atoms with Crippen molar-refractivity contribution < 1.29 is 16.8 Å². The van der Waals surface area contributed by atoms with E-state index < -0.39 is 19.9 Å². The fraction of sp³-hybridized carbons (Fsp3) is 0.0526. The summed E-state index contributed by atoms with van der Waals surface area (Å²) in [5, 5.41) is 0. The molecular formula is C19H17NO4S3. The zero-order chi connectivity index (χ0) is 19.5. The van der Waals surface area contributed by atoms with Gasteiger partial charge in [-0.3, -0.25) is 4.72 Å². The fourth-order valence-corrected chi connectivity index (χ4v) is 5.02. The first-order valence-corrected chi connectivity index (χ1v) is 12.1. The first-order valence-electron chi connectivity index (χ1n) is 7.90. The maximum Gasteiger partial charge on any atom is 0.261 e. The van der Waals surface area contributed by atoms with E-state index in [4.69, 9.17) is 0 Å². The van der Waals surface area contributed by atoms with Gasteiger partial charge in [-0.2, -0.15) is 0 Å². The van der Waals surface area contributed by atoms with Crippen LogP contribution in [0, 0.1) is 0 Å². The molecule has 140 valence electrons. The number of rotatable bonds is 6. The molecule has 0 aliphatic rings. The lowest BCUT2D eigenvalue weighted by molar-refractivity contribution is 0.597. The molecule has 0 unspecified atom stereocenters. The maximum absolute atomic E-state index is 12.7. The first-order chi connectivity index (χ1) is 12.8. The molecule has 0 fully saturated rings. The van der Waals surface area contributed by atoms with Gasteiger partial charge in [-0.1, -0.05) is 42.1 Å². The Balaban J connectivity index is 1.88. The maximum atomic E-state index is 12.7. The Hall–Kier alpha value is -2.29. The van der Waals surface area contributed by atoms with Gasteiger partial charge in [0.25, 0.3) is 10.0 Å². The summed E-state index contributed by atoms with van der Waals surface area (Å²) in [5.41, 5.74) is 0.457. The van der Waals surface area contributed by atoms with E-state index in [1.54, 1.807) is 12.1 Å². The van der Waals surface area contributed by atoms with E-state index in [0.717, 1.165) is 16.0 Å². The van der Waals surface area contributed by atoms with Crippen molar-refractivity contribution >= 4 is 37.3 Å². The second kappa shape index (κ2) is 7.75. The molecular weight excluding hydrogens is 402 g/mol. The van der Waals surface area contributed by atoms with Crippen LogP contribution < -0.4 is 4.72 Å². The highest BCUT2D eigenvalue weighted by molar-refractivity contribution is 7.99. The van der Waals surface area contributed by atoms with Crippen LogP contribution in [0.4, 0.5) is 5.69 Å². The van der Waals surface area contributed by atoms with Crippen LogP contribution in [-0.2, 0) is 19.9 Å². The molecule has 5 nitrogen and oxygen atoms in total. The number of para-hydroxylation sites is 1. The van der Waals surface area contributed by atoms with Crippen LogP contribution in [0.3, 0.4) is 0 Å². The quantitative estimate of drug-likeness (QED) is 0.652. The molecule has 0 saturated heterocycles. The van der Waals surface area contributed by atoms with Gasteiger partial charge in [0.2, 0.25) is 0 Å². The Labute approximate surface area is 163 Å². The Kier molecular flexibility index (Phi) is 5.59. The zero-order valence-corrected chi connectivity index (χ0v) is 16.8. The lowest BCUT2D eigenvalue weighted by Gasteiger charge is -2.12. The summed E-state index contributed by atoms with van der Waals surface area (Å²) in [6.07, 6.45) is 1.08. The third-order valence-corrected chi connectivity index (χ3v) is 7.26. The third-order valence-electron chi connectivity index (χ3n) is 3.66. The lowest BCUT2D eigenvalue weighted by Crippen LogP contribution is -2.13. The van der Waals surface area contributed by atoms with Gasteiger partial charge < -0.3 is 0 Å². The summed E-state index contributed by atoms with van der Waals surface area (Å²) in [5.74, 6) is 0. The van der Waals surface area contributed by atoms with Crippen LogP contribution in [0.2, 0.25) is 0 Å². The van der Waals surface area contributed by atoms with E-state index in [1.807, 2.05) is 42.5 Å². The molecule has 8 heteroatoms. The van der Waals surface area contributed by atoms with Crippen molar-refractivity contribution in [3.05, 3.63) is 78.9 Å². The van der Waals surface area contributed by atoms with Crippen molar-refractivity contribution in [3.63, 3.8) is 0 Å². The van der Waals surface area contributed by atoms with E-state index in [2.05, 4.69) is 4.72 Å². The highest BCUT2D eigenvalue weighted by Crippen LogP contribution is 2.34. The molecule has 0 aromatic heterocycles. The van der Waals surface area contributed by atoms with E-state index in [1.165, 1.54) is 36.0 Å². The number of hydrogen-bond acceptors (Lipinski definition) is 5. The monoisotopic (exact) mass is 419 g/mol. The minimum absolute atomic E-state index is 0.00517. The molecule has 0 aliphatic heterocycles. The Morgan fingerprint density at radius 3 is 1.89 bits per heavy atom. The summed E-state index contributed by atoms with van der Waals surface area (Å²) in [7, 11) is -7.23. The molecule has 3 aromatic carbocycles. The highest BCUT2D eigenvalue weighted by Gasteiger charge is 2.17. The molecule has 0 heterocycles. The van der Waals surface area contributed by atoms with E-state index in [0.29, 0.717) is 5.69 Å². The summed E-state index contributed by atoms with van der Waals surface area (Å²) in [6, 6.07) is 21.9. The van der Waals surface area contributed by atoms with Crippen LogP contribution in [-0.4, -0.2) is 23.1 Å². The molecule has 0 radical (unpaired) electrons. The number of hydrogen-bond donors (Lipinski definition) is 1. The average molecular weight is 420 g/mol. The topological polar surface area (TPSA) is 80.3 Å². The molecule has 0 bridgehead atoms. The van der Waals surface area contributed by atoms with Crippen molar-refractivity contribution in [2.24, 2.45) is 0 Å². The highest BCUT2D eigenvalue weighted by atomic mass is 32.2. The summed E-state index contributed by atoms with van der Waals surface area (Å²) in [4.78, 5) is 1.82. The Morgan fingerprint density at radius 2 is 1.26 bits per heavy atom. The van der Waals surface area contributed by atoms with Crippen molar-refractivity contribution in [2.75, 3.05) is 11.0 Å². The summed E-state index contributed by atoms with van der Waals surface area (Å²) < 4.78 is 51.0.